The second kappa shape index (κ2) is 7.07. The summed E-state index contributed by atoms with van der Waals surface area (Å²) in [5.74, 6) is 0.697. The number of aromatic nitrogens is 1. The summed E-state index contributed by atoms with van der Waals surface area (Å²) < 4.78 is 0. The van der Waals surface area contributed by atoms with Crippen molar-refractivity contribution in [2.45, 2.75) is 45.7 Å². The van der Waals surface area contributed by atoms with Crippen molar-refractivity contribution in [1.29, 1.82) is 0 Å². The van der Waals surface area contributed by atoms with Gasteiger partial charge in [-0.25, -0.2) is 4.98 Å². The molecule has 2 fully saturated rings. The first-order valence-electron chi connectivity index (χ1n) is 8.36. The normalized spacial score (nSPS) is 23.6. The number of thiazole rings is 1. The van der Waals surface area contributed by atoms with Gasteiger partial charge in [0.2, 0.25) is 0 Å². The van der Waals surface area contributed by atoms with Crippen LogP contribution in [0.1, 0.15) is 38.8 Å². The molecule has 1 atom stereocenters. The Kier molecular flexibility index (Phi) is 5.14. The summed E-state index contributed by atoms with van der Waals surface area (Å²) in [6.07, 6.45) is 4.15. The van der Waals surface area contributed by atoms with E-state index in [0.717, 1.165) is 25.7 Å². The standard InChI is InChI=1S/C16H28N4S/c1-13(2)9-17-10-14-12-21-16(18-14)20-8-7-19-6-4-3-5-15(19)11-20/h12-13,15,17H,3-11H2,1-2H3. The number of anilines is 1. The number of hydrogen-bond acceptors (Lipinski definition) is 5. The van der Waals surface area contributed by atoms with Crippen molar-refractivity contribution >= 4 is 16.5 Å². The highest BCUT2D eigenvalue weighted by Crippen LogP contribution is 2.27. The Balaban J connectivity index is 1.53. The van der Waals surface area contributed by atoms with Crippen LogP contribution in [0.3, 0.4) is 0 Å². The first-order valence-corrected chi connectivity index (χ1v) is 9.24. The summed E-state index contributed by atoms with van der Waals surface area (Å²) in [5.41, 5.74) is 1.20. The zero-order chi connectivity index (χ0) is 14.7. The Bertz CT molecular complexity index is 445. The maximum atomic E-state index is 4.83. The molecule has 0 radical (unpaired) electrons. The van der Waals surface area contributed by atoms with Gasteiger partial charge in [0.25, 0.3) is 0 Å². The average molecular weight is 308 g/mol. The fraction of sp³-hybridized carbons (Fsp3) is 0.812. The Labute approximate surface area is 132 Å². The van der Waals surface area contributed by atoms with E-state index in [4.69, 9.17) is 4.98 Å². The van der Waals surface area contributed by atoms with Crippen LogP contribution in [0, 0.1) is 5.92 Å². The number of nitrogens with one attached hydrogen (secondary N) is 1. The monoisotopic (exact) mass is 308 g/mol. The average Bonchev–Trinajstić information content (AvgIpc) is 2.95. The molecule has 1 aromatic heterocycles. The molecule has 0 aliphatic carbocycles. The van der Waals surface area contributed by atoms with Gasteiger partial charge in [0.15, 0.2) is 5.13 Å². The van der Waals surface area contributed by atoms with Crippen LogP contribution in [0.2, 0.25) is 0 Å². The topological polar surface area (TPSA) is 31.4 Å². The van der Waals surface area contributed by atoms with E-state index in [9.17, 15) is 0 Å². The quantitative estimate of drug-likeness (QED) is 0.906. The van der Waals surface area contributed by atoms with Gasteiger partial charge in [-0.05, 0) is 31.8 Å². The van der Waals surface area contributed by atoms with Gasteiger partial charge in [0, 0.05) is 37.6 Å². The summed E-state index contributed by atoms with van der Waals surface area (Å²) in [4.78, 5) is 10.0. The van der Waals surface area contributed by atoms with Gasteiger partial charge in [-0.3, -0.25) is 4.90 Å². The molecular weight excluding hydrogens is 280 g/mol. The lowest BCUT2D eigenvalue weighted by Gasteiger charge is -2.44. The van der Waals surface area contributed by atoms with Crippen LogP contribution in [0.15, 0.2) is 5.38 Å². The Morgan fingerprint density at radius 3 is 3.10 bits per heavy atom. The lowest BCUT2D eigenvalue weighted by molar-refractivity contribution is 0.133. The highest BCUT2D eigenvalue weighted by atomic mass is 32.1. The molecule has 21 heavy (non-hydrogen) atoms. The highest BCUT2D eigenvalue weighted by Gasteiger charge is 2.29. The summed E-state index contributed by atoms with van der Waals surface area (Å²) in [5, 5.41) is 6.92. The van der Waals surface area contributed by atoms with E-state index in [0.29, 0.717) is 5.92 Å². The smallest absolute Gasteiger partial charge is 0.185 e. The number of piperazine rings is 1. The lowest BCUT2D eigenvalue weighted by Crippen LogP contribution is -2.54. The Morgan fingerprint density at radius 1 is 1.33 bits per heavy atom. The van der Waals surface area contributed by atoms with Crippen LogP contribution in [0.25, 0.3) is 0 Å². The van der Waals surface area contributed by atoms with Gasteiger partial charge < -0.3 is 10.2 Å². The Hall–Kier alpha value is -0.650. The molecule has 2 saturated heterocycles. The van der Waals surface area contributed by atoms with E-state index in [1.807, 2.05) is 11.3 Å². The summed E-state index contributed by atoms with van der Waals surface area (Å²) >= 11 is 1.81. The molecule has 0 saturated carbocycles. The third-order valence-electron chi connectivity index (χ3n) is 4.51. The van der Waals surface area contributed by atoms with E-state index < -0.39 is 0 Å². The molecule has 4 nitrogen and oxygen atoms in total. The molecule has 5 heteroatoms. The molecule has 1 N–H and O–H groups in total. The van der Waals surface area contributed by atoms with Crippen molar-refractivity contribution in [3.05, 3.63) is 11.1 Å². The zero-order valence-electron chi connectivity index (χ0n) is 13.3. The van der Waals surface area contributed by atoms with Crippen LogP contribution in [0.4, 0.5) is 5.13 Å². The van der Waals surface area contributed by atoms with Crippen molar-refractivity contribution in [2.75, 3.05) is 37.6 Å². The number of hydrogen-bond donors (Lipinski definition) is 1. The molecule has 3 heterocycles. The molecule has 0 spiro atoms. The maximum Gasteiger partial charge on any atom is 0.185 e. The third kappa shape index (κ3) is 3.96. The van der Waals surface area contributed by atoms with Crippen LogP contribution in [-0.4, -0.2) is 48.6 Å². The van der Waals surface area contributed by atoms with E-state index in [2.05, 4.69) is 34.3 Å². The fourth-order valence-corrected chi connectivity index (χ4v) is 4.20. The van der Waals surface area contributed by atoms with Crippen molar-refractivity contribution in [3.8, 4) is 0 Å². The van der Waals surface area contributed by atoms with Gasteiger partial charge in [-0.2, -0.15) is 0 Å². The van der Waals surface area contributed by atoms with Crippen molar-refractivity contribution in [1.82, 2.24) is 15.2 Å². The predicted molar refractivity (Wildman–Crippen MR) is 90.1 cm³/mol. The molecule has 0 amide bonds. The first-order chi connectivity index (χ1) is 10.2. The number of rotatable bonds is 5. The summed E-state index contributed by atoms with van der Waals surface area (Å²) in [6.45, 7) is 11.3. The summed E-state index contributed by atoms with van der Waals surface area (Å²) in [7, 11) is 0. The minimum absolute atomic E-state index is 0.697. The van der Waals surface area contributed by atoms with Gasteiger partial charge in [-0.15, -0.1) is 11.3 Å². The van der Waals surface area contributed by atoms with E-state index in [1.54, 1.807) is 0 Å². The van der Waals surface area contributed by atoms with Crippen molar-refractivity contribution in [2.24, 2.45) is 5.92 Å². The summed E-state index contributed by atoms with van der Waals surface area (Å²) in [6, 6.07) is 0.763. The highest BCUT2D eigenvalue weighted by molar-refractivity contribution is 7.13. The largest absolute Gasteiger partial charge is 0.345 e. The van der Waals surface area contributed by atoms with Crippen LogP contribution in [0.5, 0.6) is 0 Å². The molecule has 1 unspecified atom stereocenters. The number of piperidine rings is 1. The SMILES string of the molecule is CC(C)CNCc1csc(N2CCN3CCCCC3C2)n1. The molecule has 2 aliphatic rings. The van der Waals surface area contributed by atoms with Gasteiger partial charge in [0.05, 0.1) is 5.69 Å². The number of nitrogens with zero attached hydrogens (tertiary/aromatic N) is 3. The Morgan fingerprint density at radius 2 is 2.24 bits per heavy atom. The third-order valence-corrected chi connectivity index (χ3v) is 5.46. The minimum atomic E-state index is 0.697. The van der Waals surface area contributed by atoms with E-state index in [1.165, 1.54) is 49.7 Å². The van der Waals surface area contributed by atoms with Crippen LogP contribution >= 0.6 is 11.3 Å². The van der Waals surface area contributed by atoms with Gasteiger partial charge >= 0.3 is 0 Å². The van der Waals surface area contributed by atoms with Crippen LogP contribution < -0.4 is 10.2 Å². The van der Waals surface area contributed by atoms with Crippen LogP contribution in [-0.2, 0) is 6.54 Å². The van der Waals surface area contributed by atoms with Gasteiger partial charge in [0.1, 0.15) is 0 Å². The second-order valence-corrected chi connectivity index (χ2v) is 7.61. The molecular formula is C16H28N4S. The fourth-order valence-electron chi connectivity index (χ4n) is 3.34. The first kappa shape index (κ1) is 15.3. The van der Waals surface area contributed by atoms with Gasteiger partial charge in [-0.1, -0.05) is 20.3 Å². The van der Waals surface area contributed by atoms with E-state index in [-0.39, 0.29) is 0 Å². The maximum absolute atomic E-state index is 4.83. The predicted octanol–water partition coefficient (Wildman–Crippen LogP) is 2.56. The van der Waals surface area contributed by atoms with Crippen molar-refractivity contribution < 1.29 is 0 Å². The van der Waals surface area contributed by atoms with Crippen molar-refractivity contribution in [3.63, 3.8) is 0 Å². The molecule has 2 aliphatic heterocycles. The molecule has 118 valence electrons. The zero-order valence-corrected chi connectivity index (χ0v) is 14.2. The second-order valence-electron chi connectivity index (χ2n) is 6.78. The molecule has 3 rings (SSSR count). The molecule has 0 aromatic carbocycles. The minimum Gasteiger partial charge on any atom is -0.345 e. The lowest BCUT2D eigenvalue weighted by atomic mass is 10.00. The molecule has 1 aromatic rings. The number of fused-ring (bicyclic) bond motifs is 1. The molecule has 0 bridgehead atoms. The van der Waals surface area contributed by atoms with E-state index >= 15 is 0 Å².